The Bertz CT molecular complexity index is 920. The summed E-state index contributed by atoms with van der Waals surface area (Å²) in [6.07, 6.45) is 0.417. The summed E-state index contributed by atoms with van der Waals surface area (Å²) in [4.78, 5) is 16.8. The van der Waals surface area contributed by atoms with Gasteiger partial charge in [0.1, 0.15) is 16.6 Å². The molecular formula is C19H16F2N2OS. The Kier molecular flexibility index (Phi) is 4.90. The number of halogens is 2. The Morgan fingerprint density at radius 3 is 2.52 bits per heavy atom. The van der Waals surface area contributed by atoms with Crippen molar-refractivity contribution in [3.8, 4) is 21.8 Å². The number of amides is 1. The molecule has 1 heterocycles. The van der Waals surface area contributed by atoms with Crippen LogP contribution in [0.15, 0.2) is 42.5 Å². The molecule has 0 bridgehead atoms. The smallest absolute Gasteiger partial charge is 0.224 e. The average Bonchev–Trinajstić information content (AvgIpc) is 2.97. The molecule has 0 saturated carbocycles. The molecule has 0 fully saturated rings. The van der Waals surface area contributed by atoms with E-state index in [1.165, 1.54) is 23.5 Å². The number of nitrogens with zero attached hydrogens (tertiary/aromatic N) is 1. The van der Waals surface area contributed by atoms with E-state index in [1.54, 1.807) is 19.1 Å². The van der Waals surface area contributed by atoms with Crippen LogP contribution in [0.1, 0.15) is 18.2 Å². The third-order valence-electron chi connectivity index (χ3n) is 3.72. The largest absolute Gasteiger partial charge is 0.326 e. The van der Waals surface area contributed by atoms with Gasteiger partial charge in [-0.15, -0.1) is 11.3 Å². The quantitative estimate of drug-likeness (QED) is 0.677. The van der Waals surface area contributed by atoms with Gasteiger partial charge in [-0.25, -0.2) is 13.8 Å². The van der Waals surface area contributed by atoms with Crippen molar-refractivity contribution in [1.29, 1.82) is 0 Å². The van der Waals surface area contributed by atoms with Gasteiger partial charge in [0, 0.05) is 34.2 Å². The molecule has 128 valence electrons. The Morgan fingerprint density at radius 1 is 1.16 bits per heavy atom. The number of rotatable bonds is 4. The van der Waals surface area contributed by atoms with Gasteiger partial charge in [0.2, 0.25) is 5.91 Å². The van der Waals surface area contributed by atoms with Crippen LogP contribution in [0.4, 0.5) is 14.5 Å². The monoisotopic (exact) mass is 358 g/mol. The number of carbonyl (C=O) groups is 1. The second kappa shape index (κ2) is 7.11. The first kappa shape index (κ1) is 17.2. The summed E-state index contributed by atoms with van der Waals surface area (Å²) in [5.74, 6) is -1.29. The summed E-state index contributed by atoms with van der Waals surface area (Å²) in [5, 5.41) is 3.52. The minimum atomic E-state index is -0.627. The molecule has 1 amide bonds. The van der Waals surface area contributed by atoms with Crippen LogP contribution in [0.3, 0.4) is 0 Å². The van der Waals surface area contributed by atoms with Crippen molar-refractivity contribution in [3.63, 3.8) is 0 Å². The van der Waals surface area contributed by atoms with E-state index in [0.29, 0.717) is 17.8 Å². The first-order chi connectivity index (χ1) is 12.0. The highest BCUT2D eigenvalue weighted by Crippen LogP contribution is 2.34. The molecule has 0 aliphatic heterocycles. The predicted molar refractivity (Wildman–Crippen MR) is 96.6 cm³/mol. The van der Waals surface area contributed by atoms with Crippen molar-refractivity contribution in [2.24, 2.45) is 0 Å². The number of hydrogen-bond donors (Lipinski definition) is 1. The Hall–Kier alpha value is -2.60. The SMILES string of the molecule is CCC(=O)Nc1ccc(-c2nc(-c3ccc(F)cc3F)c(C)s2)cc1. The summed E-state index contributed by atoms with van der Waals surface area (Å²) >= 11 is 1.44. The van der Waals surface area contributed by atoms with Crippen LogP contribution < -0.4 is 5.32 Å². The molecule has 3 nitrogen and oxygen atoms in total. The fraction of sp³-hybridized carbons (Fsp3) is 0.158. The van der Waals surface area contributed by atoms with Crippen molar-refractivity contribution in [1.82, 2.24) is 4.98 Å². The Balaban J connectivity index is 1.91. The zero-order valence-corrected chi connectivity index (χ0v) is 14.6. The molecule has 6 heteroatoms. The predicted octanol–water partition coefficient (Wildman–Crippen LogP) is 5.41. The number of benzene rings is 2. The molecule has 1 aromatic heterocycles. The zero-order valence-electron chi connectivity index (χ0n) is 13.8. The lowest BCUT2D eigenvalue weighted by atomic mass is 10.1. The van der Waals surface area contributed by atoms with Crippen LogP contribution in [0, 0.1) is 18.6 Å². The number of thiazole rings is 1. The molecule has 0 unspecified atom stereocenters. The zero-order chi connectivity index (χ0) is 18.0. The summed E-state index contributed by atoms with van der Waals surface area (Å²) in [7, 11) is 0. The van der Waals surface area contributed by atoms with Crippen LogP contribution in [0.5, 0.6) is 0 Å². The van der Waals surface area contributed by atoms with Gasteiger partial charge in [-0.2, -0.15) is 0 Å². The van der Waals surface area contributed by atoms with Gasteiger partial charge in [-0.1, -0.05) is 6.92 Å². The van der Waals surface area contributed by atoms with E-state index in [4.69, 9.17) is 0 Å². The lowest BCUT2D eigenvalue weighted by Gasteiger charge is -2.04. The average molecular weight is 358 g/mol. The maximum absolute atomic E-state index is 14.0. The highest BCUT2D eigenvalue weighted by Gasteiger charge is 2.15. The molecule has 0 spiro atoms. The minimum absolute atomic E-state index is 0.0492. The minimum Gasteiger partial charge on any atom is -0.326 e. The van der Waals surface area contributed by atoms with Crippen molar-refractivity contribution < 1.29 is 13.6 Å². The fourth-order valence-corrected chi connectivity index (χ4v) is 3.33. The van der Waals surface area contributed by atoms with E-state index in [9.17, 15) is 13.6 Å². The van der Waals surface area contributed by atoms with E-state index in [1.807, 2.05) is 19.1 Å². The van der Waals surface area contributed by atoms with Gasteiger partial charge >= 0.3 is 0 Å². The van der Waals surface area contributed by atoms with Crippen LogP contribution >= 0.6 is 11.3 Å². The lowest BCUT2D eigenvalue weighted by Crippen LogP contribution is -2.08. The lowest BCUT2D eigenvalue weighted by molar-refractivity contribution is -0.115. The first-order valence-electron chi connectivity index (χ1n) is 7.81. The molecule has 3 aromatic rings. The van der Waals surface area contributed by atoms with Gasteiger partial charge < -0.3 is 5.32 Å². The molecule has 3 rings (SSSR count). The van der Waals surface area contributed by atoms with E-state index < -0.39 is 11.6 Å². The Morgan fingerprint density at radius 2 is 1.88 bits per heavy atom. The molecule has 0 aliphatic rings. The molecule has 0 atom stereocenters. The van der Waals surface area contributed by atoms with E-state index in [2.05, 4.69) is 10.3 Å². The molecule has 0 radical (unpaired) electrons. The Labute approximate surface area is 148 Å². The van der Waals surface area contributed by atoms with E-state index >= 15 is 0 Å². The number of anilines is 1. The van der Waals surface area contributed by atoms with Crippen molar-refractivity contribution >= 4 is 22.9 Å². The highest BCUT2D eigenvalue weighted by atomic mass is 32.1. The van der Waals surface area contributed by atoms with Gasteiger partial charge in [0.25, 0.3) is 0 Å². The number of hydrogen-bond acceptors (Lipinski definition) is 3. The van der Waals surface area contributed by atoms with E-state index in [-0.39, 0.29) is 11.5 Å². The second-order valence-electron chi connectivity index (χ2n) is 5.53. The second-order valence-corrected chi connectivity index (χ2v) is 6.73. The van der Waals surface area contributed by atoms with Crippen LogP contribution in [0.25, 0.3) is 21.8 Å². The summed E-state index contributed by atoms with van der Waals surface area (Å²) in [6, 6.07) is 10.8. The van der Waals surface area contributed by atoms with Crippen LogP contribution in [-0.4, -0.2) is 10.9 Å². The van der Waals surface area contributed by atoms with Gasteiger partial charge in [0.05, 0.1) is 5.69 Å². The topological polar surface area (TPSA) is 42.0 Å². The number of aryl methyl sites for hydroxylation is 1. The highest BCUT2D eigenvalue weighted by molar-refractivity contribution is 7.15. The molecule has 0 aliphatic carbocycles. The molecule has 2 aromatic carbocycles. The molecule has 25 heavy (non-hydrogen) atoms. The number of carbonyl (C=O) groups excluding carboxylic acids is 1. The van der Waals surface area contributed by atoms with Gasteiger partial charge in [-0.05, 0) is 43.3 Å². The van der Waals surface area contributed by atoms with Crippen LogP contribution in [-0.2, 0) is 4.79 Å². The molecule has 1 N–H and O–H groups in total. The maximum Gasteiger partial charge on any atom is 0.224 e. The number of nitrogens with one attached hydrogen (secondary N) is 1. The number of aromatic nitrogens is 1. The molecule has 0 saturated heterocycles. The van der Waals surface area contributed by atoms with Crippen molar-refractivity contribution in [2.75, 3.05) is 5.32 Å². The van der Waals surface area contributed by atoms with Gasteiger partial charge in [-0.3, -0.25) is 4.79 Å². The van der Waals surface area contributed by atoms with Gasteiger partial charge in [0.15, 0.2) is 0 Å². The first-order valence-corrected chi connectivity index (χ1v) is 8.62. The normalized spacial score (nSPS) is 10.7. The third-order valence-corrected chi connectivity index (χ3v) is 4.74. The standard InChI is InChI=1S/C19H16F2N2OS/c1-3-17(24)22-14-7-4-12(5-8-14)19-23-18(11(2)25-19)15-9-6-13(20)10-16(15)21/h4-10H,3H2,1-2H3,(H,22,24). The summed E-state index contributed by atoms with van der Waals surface area (Å²) in [5.41, 5.74) is 2.39. The summed E-state index contributed by atoms with van der Waals surface area (Å²) in [6.45, 7) is 3.65. The van der Waals surface area contributed by atoms with Crippen molar-refractivity contribution in [3.05, 3.63) is 59.0 Å². The fourth-order valence-electron chi connectivity index (χ4n) is 2.40. The third kappa shape index (κ3) is 3.74. The van der Waals surface area contributed by atoms with E-state index in [0.717, 1.165) is 21.5 Å². The summed E-state index contributed by atoms with van der Waals surface area (Å²) < 4.78 is 27.1. The van der Waals surface area contributed by atoms with Crippen molar-refractivity contribution in [2.45, 2.75) is 20.3 Å². The maximum atomic E-state index is 14.0. The van der Waals surface area contributed by atoms with Crippen LogP contribution in [0.2, 0.25) is 0 Å². The molecular weight excluding hydrogens is 342 g/mol.